The van der Waals surface area contributed by atoms with Crippen LogP contribution in [0.1, 0.15) is 41.0 Å². The number of nitrogens with zero attached hydrogens (tertiary/aromatic N) is 1. The Hall–Kier alpha value is -1.26. The fraction of sp³-hybridized carbons (Fsp3) is 0.833. The smallest absolute Gasteiger partial charge is 0.326 e. The van der Waals surface area contributed by atoms with Gasteiger partial charge >= 0.3 is 12.0 Å². The average Bonchev–Trinajstić information content (AvgIpc) is 2.24. The summed E-state index contributed by atoms with van der Waals surface area (Å²) in [5.41, 5.74) is 0. The minimum atomic E-state index is -0.979. The van der Waals surface area contributed by atoms with Crippen molar-refractivity contribution >= 4 is 12.0 Å². The molecule has 0 heterocycles. The number of carboxylic acids is 1. The van der Waals surface area contributed by atoms with E-state index in [9.17, 15) is 9.59 Å². The summed E-state index contributed by atoms with van der Waals surface area (Å²) < 4.78 is 0. The van der Waals surface area contributed by atoms with Gasteiger partial charge in [0, 0.05) is 12.6 Å². The van der Waals surface area contributed by atoms with Crippen LogP contribution in [0.5, 0.6) is 0 Å². The molecule has 2 N–H and O–H groups in total. The average molecular weight is 244 g/mol. The lowest BCUT2D eigenvalue weighted by Crippen LogP contribution is -2.52. The van der Waals surface area contributed by atoms with Gasteiger partial charge in [0.25, 0.3) is 0 Å². The molecule has 0 aliphatic heterocycles. The number of hydrogen-bond acceptors (Lipinski definition) is 2. The molecule has 100 valence electrons. The molecular formula is C12H24N2O3. The third-order valence-corrected chi connectivity index (χ3v) is 2.98. The molecule has 2 amide bonds. The third-order valence-electron chi connectivity index (χ3n) is 2.98. The molecule has 17 heavy (non-hydrogen) atoms. The van der Waals surface area contributed by atoms with Gasteiger partial charge in [0.2, 0.25) is 0 Å². The summed E-state index contributed by atoms with van der Waals surface area (Å²) >= 11 is 0. The Kier molecular flexibility index (Phi) is 6.61. The van der Waals surface area contributed by atoms with Crippen molar-refractivity contribution in [3.8, 4) is 0 Å². The van der Waals surface area contributed by atoms with Crippen LogP contribution in [0.4, 0.5) is 4.79 Å². The molecule has 2 atom stereocenters. The van der Waals surface area contributed by atoms with E-state index in [4.69, 9.17) is 5.11 Å². The molecule has 0 aliphatic rings. The van der Waals surface area contributed by atoms with E-state index in [0.29, 0.717) is 13.0 Å². The Labute approximate surface area is 103 Å². The van der Waals surface area contributed by atoms with Gasteiger partial charge in [0.15, 0.2) is 0 Å². The minimum Gasteiger partial charge on any atom is -0.480 e. The van der Waals surface area contributed by atoms with Crippen LogP contribution in [-0.2, 0) is 4.79 Å². The van der Waals surface area contributed by atoms with E-state index < -0.39 is 12.0 Å². The highest BCUT2D eigenvalue weighted by Crippen LogP contribution is 2.09. The predicted octanol–water partition coefficient (Wildman–Crippen LogP) is 1.93. The summed E-state index contributed by atoms with van der Waals surface area (Å²) in [6.07, 6.45) is 0.713. The molecule has 5 nitrogen and oxygen atoms in total. The van der Waals surface area contributed by atoms with Crippen molar-refractivity contribution < 1.29 is 14.7 Å². The first-order valence-electron chi connectivity index (χ1n) is 6.15. The number of nitrogens with one attached hydrogen (secondary N) is 1. The second-order valence-electron chi connectivity index (χ2n) is 4.53. The van der Waals surface area contributed by atoms with Crippen LogP contribution >= 0.6 is 0 Å². The number of aliphatic carboxylic acids is 1. The monoisotopic (exact) mass is 244 g/mol. The highest BCUT2D eigenvalue weighted by molar-refractivity contribution is 5.82. The normalized spacial score (nSPS) is 14.2. The second kappa shape index (κ2) is 7.14. The van der Waals surface area contributed by atoms with Gasteiger partial charge in [-0.1, -0.05) is 20.3 Å². The molecule has 0 aromatic carbocycles. The van der Waals surface area contributed by atoms with Crippen molar-refractivity contribution in [3.05, 3.63) is 0 Å². The van der Waals surface area contributed by atoms with Crippen LogP contribution in [0.2, 0.25) is 0 Å². The molecule has 1 unspecified atom stereocenters. The topological polar surface area (TPSA) is 69.6 Å². The SMILES string of the molecule is CCC(C)[C@H](NC(=O)N(CC)C(C)C)C(=O)O. The summed E-state index contributed by atoms with van der Waals surface area (Å²) in [5.74, 6) is -1.06. The van der Waals surface area contributed by atoms with Gasteiger partial charge in [-0.3, -0.25) is 0 Å². The Morgan fingerprint density at radius 1 is 1.24 bits per heavy atom. The van der Waals surface area contributed by atoms with Crippen LogP contribution in [0.3, 0.4) is 0 Å². The fourth-order valence-electron chi connectivity index (χ4n) is 1.64. The van der Waals surface area contributed by atoms with Gasteiger partial charge in [-0.2, -0.15) is 0 Å². The number of rotatable bonds is 6. The highest BCUT2D eigenvalue weighted by atomic mass is 16.4. The van der Waals surface area contributed by atoms with E-state index in [1.165, 1.54) is 0 Å². The van der Waals surface area contributed by atoms with Crippen LogP contribution in [0, 0.1) is 5.92 Å². The first-order valence-corrected chi connectivity index (χ1v) is 6.15. The van der Waals surface area contributed by atoms with E-state index in [-0.39, 0.29) is 18.0 Å². The molecule has 0 radical (unpaired) electrons. The standard InChI is InChI=1S/C12H24N2O3/c1-6-9(5)10(11(15)16)13-12(17)14(7-2)8(3)4/h8-10H,6-7H2,1-5H3,(H,13,17)(H,15,16)/t9?,10-/m0/s1. The molecule has 0 saturated heterocycles. The molecule has 0 aromatic rings. The van der Waals surface area contributed by atoms with Gasteiger partial charge in [-0.15, -0.1) is 0 Å². The Morgan fingerprint density at radius 2 is 1.76 bits per heavy atom. The van der Waals surface area contributed by atoms with E-state index in [1.54, 1.807) is 4.90 Å². The zero-order valence-corrected chi connectivity index (χ0v) is 11.4. The third kappa shape index (κ3) is 4.63. The van der Waals surface area contributed by atoms with Crippen LogP contribution < -0.4 is 5.32 Å². The molecular weight excluding hydrogens is 220 g/mol. The van der Waals surface area contributed by atoms with Crippen LogP contribution in [0.15, 0.2) is 0 Å². The van der Waals surface area contributed by atoms with E-state index >= 15 is 0 Å². The number of hydrogen-bond donors (Lipinski definition) is 2. The van der Waals surface area contributed by atoms with Gasteiger partial charge in [-0.25, -0.2) is 9.59 Å². The summed E-state index contributed by atoms with van der Waals surface area (Å²) in [7, 11) is 0. The molecule has 0 spiro atoms. The molecule has 5 heteroatoms. The second-order valence-corrected chi connectivity index (χ2v) is 4.53. The number of carboxylic acid groups (broad SMARTS) is 1. The quantitative estimate of drug-likeness (QED) is 0.750. The van der Waals surface area contributed by atoms with Gasteiger partial charge < -0.3 is 15.3 Å². The summed E-state index contributed by atoms with van der Waals surface area (Å²) in [4.78, 5) is 24.6. The lowest BCUT2D eigenvalue weighted by molar-refractivity contribution is -0.140. The lowest BCUT2D eigenvalue weighted by Gasteiger charge is -2.28. The first-order chi connectivity index (χ1) is 7.84. The summed E-state index contributed by atoms with van der Waals surface area (Å²) in [5, 5.41) is 11.7. The Bertz CT molecular complexity index is 266. The summed E-state index contributed by atoms with van der Waals surface area (Å²) in [6.45, 7) is 9.98. The zero-order chi connectivity index (χ0) is 13.6. The Balaban J connectivity index is 4.65. The summed E-state index contributed by atoms with van der Waals surface area (Å²) in [6, 6.07) is -1.07. The minimum absolute atomic E-state index is 0.0615. The maximum absolute atomic E-state index is 11.9. The van der Waals surface area contributed by atoms with Crippen molar-refractivity contribution in [2.45, 2.75) is 53.1 Å². The Morgan fingerprint density at radius 3 is 2.06 bits per heavy atom. The molecule has 0 fully saturated rings. The predicted molar refractivity (Wildman–Crippen MR) is 66.9 cm³/mol. The van der Waals surface area contributed by atoms with E-state index in [1.807, 2.05) is 34.6 Å². The molecule has 0 rings (SSSR count). The maximum atomic E-state index is 11.9. The van der Waals surface area contributed by atoms with Crippen molar-refractivity contribution in [3.63, 3.8) is 0 Å². The number of carbonyl (C=O) groups excluding carboxylic acids is 1. The van der Waals surface area contributed by atoms with Gasteiger partial charge in [0.1, 0.15) is 6.04 Å². The van der Waals surface area contributed by atoms with Crippen molar-refractivity contribution in [1.29, 1.82) is 0 Å². The molecule has 0 bridgehead atoms. The highest BCUT2D eigenvalue weighted by Gasteiger charge is 2.27. The van der Waals surface area contributed by atoms with Gasteiger partial charge in [-0.05, 0) is 26.7 Å². The van der Waals surface area contributed by atoms with Gasteiger partial charge in [0.05, 0.1) is 0 Å². The number of carbonyl (C=O) groups is 2. The first kappa shape index (κ1) is 15.7. The van der Waals surface area contributed by atoms with Crippen LogP contribution in [-0.4, -0.2) is 40.6 Å². The van der Waals surface area contributed by atoms with Crippen molar-refractivity contribution in [2.24, 2.45) is 5.92 Å². The maximum Gasteiger partial charge on any atom is 0.326 e. The fourth-order valence-corrected chi connectivity index (χ4v) is 1.64. The number of urea groups is 1. The lowest BCUT2D eigenvalue weighted by atomic mass is 9.99. The van der Waals surface area contributed by atoms with Crippen LogP contribution in [0.25, 0.3) is 0 Å². The largest absolute Gasteiger partial charge is 0.480 e. The zero-order valence-electron chi connectivity index (χ0n) is 11.4. The molecule has 0 aromatic heterocycles. The molecule has 0 aliphatic carbocycles. The number of amides is 2. The van der Waals surface area contributed by atoms with Crippen molar-refractivity contribution in [1.82, 2.24) is 10.2 Å². The molecule has 0 saturated carbocycles. The van der Waals surface area contributed by atoms with Crippen molar-refractivity contribution in [2.75, 3.05) is 6.54 Å². The van der Waals surface area contributed by atoms with E-state index in [2.05, 4.69) is 5.32 Å². The van der Waals surface area contributed by atoms with E-state index in [0.717, 1.165) is 0 Å².